The van der Waals surface area contributed by atoms with Gasteiger partial charge in [0.05, 0.1) is 60.0 Å². The summed E-state index contributed by atoms with van der Waals surface area (Å²) in [5, 5.41) is 0. The van der Waals surface area contributed by atoms with E-state index in [0.717, 1.165) is 230 Å². The van der Waals surface area contributed by atoms with Crippen LogP contribution in [0.15, 0.2) is 98.6 Å². The van der Waals surface area contributed by atoms with Gasteiger partial charge in [-0.1, -0.05) is 199 Å². The number of hydrogen-bond acceptors (Lipinski definition) is 14. The van der Waals surface area contributed by atoms with Crippen molar-refractivity contribution in [1.29, 1.82) is 0 Å². The number of ether oxygens (including phenoxy) is 9. The van der Waals surface area contributed by atoms with E-state index in [1.54, 1.807) is 0 Å². The minimum Gasteiger partial charge on any atom is -0.493 e. The number of esters is 5. The maximum absolute atomic E-state index is 12.8. The molecule has 0 saturated heterocycles. The maximum Gasteiger partial charge on any atom is 0.331 e. The SMILES string of the molecule is C=CC(=O)OCCCc1cc2c(OCCCCCCC)c(c1)Cc1cc(CCCOC(=O)C=C)cc(c1OCCCCCCC)Cc1cc(CCCOC(=O)/C=C\C(=O)OC)cc(c1OCCCCCCC)Cc1cc(CCCOC(=O)C=C)cc(c1OCCCCCCC)C2. The third kappa shape index (κ3) is 29.8. The van der Waals surface area contributed by atoms with Gasteiger partial charge in [0.25, 0.3) is 0 Å². The van der Waals surface area contributed by atoms with Crippen molar-refractivity contribution in [3.05, 3.63) is 165 Å². The molecule has 0 aromatic heterocycles. The van der Waals surface area contributed by atoms with Crippen molar-refractivity contribution in [3.8, 4) is 23.0 Å². The second-order valence-corrected chi connectivity index (χ2v) is 25.3. The summed E-state index contributed by atoms with van der Waals surface area (Å²) in [5.41, 5.74) is 12.3. The van der Waals surface area contributed by atoms with Crippen molar-refractivity contribution < 1.29 is 66.6 Å². The Bertz CT molecular complexity index is 2930. The number of carbonyl (C=O) groups excluding carboxylic acids is 5. The van der Waals surface area contributed by atoms with Gasteiger partial charge in [0.15, 0.2) is 0 Å². The average molecular weight is 1320 g/mol. The molecule has 4 aromatic carbocycles. The van der Waals surface area contributed by atoms with Crippen LogP contribution in [0.25, 0.3) is 0 Å². The molecule has 0 radical (unpaired) electrons. The Morgan fingerprint density at radius 2 is 0.521 bits per heavy atom. The van der Waals surface area contributed by atoms with Crippen molar-refractivity contribution in [2.24, 2.45) is 0 Å². The number of unbranched alkanes of at least 4 members (excludes halogenated alkanes) is 16. The highest BCUT2D eigenvalue weighted by atomic mass is 16.5. The molecule has 1 aliphatic rings. The van der Waals surface area contributed by atoms with E-state index in [4.69, 9.17) is 42.6 Å². The zero-order valence-electron chi connectivity index (χ0n) is 59.1. The number of methoxy groups -OCH3 is 1. The molecule has 0 heterocycles. The predicted octanol–water partition coefficient (Wildman–Crippen LogP) is 18.0. The van der Waals surface area contributed by atoms with Crippen LogP contribution in [0, 0.1) is 0 Å². The zero-order chi connectivity index (χ0) is 69.0. The molecular formula is C82H114O14. The van der Waals surface area contributed by atoms with Gasteiger partial charge in [0, 0.05) is 56.1 Å². The molecule has 14 heteroatoms. The largest absolute Gasteiger partial charge is 0.493 e. The van der Waals surface area contributed by atoms with Crippen molar-refractivity contribution in [2.45, 2.75) is 233 Å². The monoisotopic (exact) mass is 1320 g/mol. The molecule has 0 atom stereocenters. The fourth-order valence-corrected chi connectivity index (χ4v) is 12.2. The van der Waals surface area contributed by atoms with Gasteiger partial charge in [-0.2, -0.15) is 0 Å². The highest BCUT2D eigenvalue weighted by molar-refractivity contribution is 5.91. The highest BCUT2D eigenvalue weighted by Gasteiger charge is 2.26. The van der Waals surface area contributed by atoms with Crippen LogP contribution in [0.2, 0.25) is 0 Å². The number of rotatable bonds is 49. The Morgan fingerprint density at radius 3 is 0.740 bits per heavy atom. The van der Waals surface area contributed by atoms with Crippen molar-refractivity contribution in [3.63, 3.8) is 0 Å². The van der Waals surface area contributed by atoms with E-state index in [2.05, 4.69) is 96.0 Å². The Hall–Kier alpha value is -7.61. The summed E-state index contributed by atoms with van der Waals surface area (Å²) in [6.07, 6.45) is 33.6. The quantitative estimate of drug-likeness (QED) is 0.0156. The molecule has 0 aliphatic heterocycles. The molecule has 0 saturated carbocycles. The van der Waals surface area contributed by atoms with Crippen LogP contribution in [0.1, 0.15) is 249 Å². The topological polar surface area (TPSA) is 168 Å². The van der Waals surface area contributed by atoms with E-state index < -0.39 is 29.8 Å². The van der Waals surface area contributed by atoms with E-state index >= 15 is 0 Å². The van der Waals surface area contributed by atoms with Crippen LogP contribution in [0.3, 0.4) is 0 Å². The number of benzene rings is 4. The first-order valence-electron chi connectivity index (χ1n) is 36.3. The molecule has 8 bridgehead atoms. The molecule has 0 N–H and O–H groups in total. The molecule has 0 unspecified atom stereocenters. The summed E-state index contributed by atoms with van der Waals surface area (Å²) >= 11 is 0. The lowest BCUT2D eigenvalue weighted by Crippen LogP contribution is -2.13. The lowest BCUT2D eigenvalue weighted by molar-refractivity contribution is -0.139. The molecule has 526 valence electrons. The number of hydrogen-bond donors (Lipinski definition) is 0. The molecule has 4 aromatic rings. The van der Waals surface area contributed by atoms with Gasteiger partial charge in [-0.05, 0) is 144 Å². The third-order valence-corrected chi connectivity index (χ3v) is 17.2. The molecule has 0 fully saturated rings. The Labute approximate surface area is 575 Å². The third-order valence-electron chi connectivity index (χ3n) is 17.2. The van der Waals surface area contributed by atoms with Crippen LogP contribution in [-0.2, 0) is 99.0 Å². The van der Waals surface area contributed by atoms with E-state index in [1.165, 1.54) is 25.3 Å². The van der Waals surface area contributed by atoms with E-state index in [9.17, 15) is 24.0 Å². The highest BCUT2D eigenvalue weighted by Crippen LogP contribution is 2.42. The Balaban J connectivity index is 1.92. The second-order valence-electron chi connectivity index (χ2n) is 25.3. The number of aryl methyl sites for hydroxylation is 4. The summed E-state index contributed by atoms with van der Waals surface area (Å²) < 4.78 is 56.1. The molecular weight excluding hydrogens is 1210 g/mol. The van der Waals surface area contributed by atoms with Gasteiger partial charge in [-0.3, -0.25) is 0 Å². The van der Waals surface area contributed by atoms with Gasteiger partial charge in [-0.15, -0.1) is 0 Å². The Kier molecular flexibility index (Phi) is 39.0. The van der Waals surface area contributed by atoms with Crippen LogP contribution in [0.5, 0.6) is 23.0 Å². The van der Waals surface area contributed by atoms with Crippen LogP contribution >= 0.6 is 0 Å². The van der Waals surface area contributed by atoms with Crippen molar-refractivity contribution in [2.75, 3.05) is 60.0 Å². The fourth-order valence-electron chi connectivity index (χ4n) is 12.2. The number of carbonyl (C=O) groups is 5. The smallest absolute Gasteiger partial charge is 0.331 e. The molecule has 5 rings (SSSR count). The van der Waals surface area contributed by atoms with E-state index in [1.807, 2.05) is 0 Å². The van der Waals surface area contributed by atoms with Gasteiger partial charge in [0.2, 0.25) is 0 Å². The summed E-state index contributed by atoms with van der Waals surface area (Å²) in [7, 11) is 1.26. The zero-order valence-corrected chi connectivity index (χ0v) is 59.1. The summed E-state index contributed by atoms with van der Waals surface area (Å²) in [5.74, 6) is 0.627. The van der Waals surface area contributed by atoms with Crippen LogP contribution in [-0.4, -0.2) is 89.8 Å². The van der Waals surface area contributed by atoms with E-state index in [-0.39, 0.29) is 26.4 Å². The molecule has 96 heavy (non-hydrogen) atoms. The normalized spacial score (nSPS) is 11.8. The molecule has 14 nitrogen and oxygen atoms in total. The summed E-state index contributed by atoms with van der Waals surface area (Å²) in [4.78, 5) is 61.8. The second kappa shape index (κ2) is 47.3. The lowest BCUT2D eigenvalue weighted by atomic mass is 9.87. The first-order chi connectivity index (χ1) is 46.9. The number of fused-ring (bicyclic) bond motifs is 8. The van der Waals surface area contributed by atoms with Crippen LogP contribution in [0.4, 0.5) is 0 Å². The minimum absolute atomic E-state index is 0.119. The Morgan fingerprint density at radius 1 is 0.302 bits per heavy atom. The molecule has 0 amide bonds. The maximum atomic E-state index is 12.8. The summed E-state index contributed by atoms with van der Waals surface area (Å²) in [6, 6.07) is 18.1. The first-order valence-corrected chi connectivity index (χ1v) is 36.3. The van der Waals surface area contributed by atoms with Gasteiger partial charge >= 0.3 is 29.8 Å². The molecule has 1 aliphatic carbocycles. The average Bonchev–Trinajstić information content (AvgIpc) is 0.782. The predicted molar refractivity (Wildman–Crippen MR) is 383 cm³/mol. The van der Waals surface area contributed by atoms with E-state index in [0.29, 0.717) is 103 Å². The fraction of sp³-hybridized carbons (Fsp3) is 0.549. The minimum atomic E-state index is -0.644. The van der Waals surface area contributed by atoms with Gasteiger partial charge < -0.3 is 42.6 Å². The molecule has 0 spiro atoms. The summed E-state index contributed by atoms with van der Waals surface area (Å²) in [6.45, 7) is 22.7. The first kappa shape index (κ1) is 79.1. The van der Waals surface area contributed by atoms with Crippen molar-refractivity contribution >= 4 is 29.8 Å². The van der Waals surface area contributed by atoms with Crippen LogP contribution < -0.4 is 18.9 Å². The van der Waals surface area contributed by atoms with Crippen molar-refractivity contribution in [1.82, 2.24) is 0 Å². The van der Waals surface area contributed by atoms with Gasteiger partial charge in [-0.25, -0.2) is 24.0 Å². The standard InChI is InChI=1S/C82H114O14/c1-9-16-20-24-28-42-93-79-66-50-62(36-32-46-89-74(83)13-5)51-67(79)59-69-53-64(38-34-48-91-76(85)15-7)55-71(81(69)95-44-30-26-22-18-11-3)61-73-57-65(39-35-49-92-78(87)41-40-77(86)88-8)56-72(82(73)96-45-31-27-23-19-12-4)60-70-54-63(37-33-47-90-75(84)14-6)52-68(58-66)80(70)94-43-29-25-21-17-10-2/h13-15,40-41,50-57H,5-7,9-12,16-39,42-49,58-61H2,1-4,8H3/b41-40-. The lowest BCUT2D eigenvalue weighted by Gasteiger charge is -2.25. The van der Waals surface area contributed by atoms with Gasteiger partial charge in [0.1, 0.15) is 23.0 Å².